The summed E-state index contributed by atoms with van der Waals surface area (Å²) < 4.78 is 23.1. The van der Waals surface area contributed by atoms with Crippen LogP contribution in [0.25, 0.3) is 0 Å². The van der Waals surface area contributed by atoms with Gasteiger partial charge in [0.15, 0.2) is 9.84 Å². The number of carbonyl (C=O) groups excluding carboxylic acids is 2. The molecule has 110 valence electrons. The molecule has 0 bridgehead atoms. The summed E-state index contributed by atoms with van der Waals surface area (Å²) in [4.78, 5) is 26.3. The average Bonchev–Trinajstić information content (AvgIpc) is 3.13. The molecule has 0 aromatic carbocycles. The minimum atomic E-state index is -3.26. The molecule has 20 heavy (non-hydrogen) atoms. The van der Waals surface area contributed by atoms with Crippen molar-refractivity contribution in [2.24, 2.45) is 5.92 Å². The van der Waals surface area contributed by atoms with Gasteiger partial charge in [-0.3, -0.25) is 9.59 Å². The van der Waals surface area contributed by atoms with E-state index in [0.717, 1.165) is 18.2 Å². The fourth-order valence-corrected chi connectivity index (χ4v) is 4.37. The summed E-state index contributed by atoms with van der Waals surface area (Å²) in [5.41, 5.74) is -0.885. The van der Waals surface area contributed by atoms with Crippen molar-refractivity contribution in [3.05, 3.63) is 11.5 Å². The van der Waals surface area contributed by atoms with E-state index in [-0.39, 0.29) is 23.5 Å². The molecule has 1 saturated carbocycles. The van der Waals surface area contributed by atoms with E-state index in [4.69, 9.17) is 0 Å². The molecule has 2 heterocycles. The number of carbonyl (C=O) groups is 2. The van der Waals surface area contributed by atoms with Crippen molar-refractivity contribution in [2.45, 2.75) is 44.3 Å². The van der Waals surface area contributed by atoms with Crippen LogP contribution in [0.5, 0.6) is 0 Å². The highest BCUT2D eigenvalue weighted by Gasteiger charge is 2.56. The summed E-state index contributed by atoms with van der Waals surface area (Å²) in [5, 5.41) is 3.96. The standard InChI is InChI=1S/C13H18N2O4S/c1-8-11(16)14-13(2,9-3-4-9)12(17)15(8)10-5-6-20(18,19)7-10/h5-6,8-10H,3-4,7H2,1-2H3,(H,14,16). The summed E-state index contributed by atoms with van der Waals surface area (Å²) in [6.07, 6.45) is 3.35. The third-order valence-corrected chi connectivity index (χ3v) is 5.90. The van der Waals surface area contributed by atoms with Gasteiger partial charge >= 0.3 is 0 Å². The first-order valence-corrected chi connectivity index (χ1v) is 8.52. The van der Waals surface area contributed by atoms with Gasteiger partial charge in [-0.15, -0.1) is 0 Å². The number of rotatable bonds is 2. The lowest BCUT2D eigenvalue weighted by Crippen LogP contribution is -2.71. The molecule has 2 fully saturated rings. The first-order chi connectivity index (χ1) is 9.24. The van der Waals surface area contributed by atoms with Gasteiger partial charge in [-0.05, 0) is 38.7 Å². The topological polar surface area (TPSA) is 83.6 Å². The highest BCUT2D eigenvalue weighted by atomic mass is 32.2. The maximum Gasteiger partial charge on any atom is 0.249 e. The van der Waals surface area contributed by atoms with E-state index >= 15 is 0 Å². The van der Waals surface area contributed by atoms with Crippen LogP contribution in [0.4, 0.5) is 0 Å². The Bertz CT molecular complexity index is 608. The molecule has 0 spiro atoms. The zero-order chi connectivity index (χ0) is 14.7. The van der Waals surface area contributed by atoms with Gasteiger partial charge in [0, 0.05) is 5.41 Å². The van der Waals surface area contributed by atoms with Gasteiger partial charge in [0.05, 0.1) is 11.8 Å². The molecular formula is C13H18N2O4S. The largest absolute Gasteiger partial charge is 0.340 e. The SMILES string of the molecule is CC1C(=O)NC(C)(C2CC2)C(=O)N1C1C=CS(=O)(=O)C1. The molecule has 3 aliphatic rings. The van der Waals surface area contributed by atoms with E-state index in [9.17, 15) is 18.0 Å². The molecule has 1 N–H and O–H groups in total. The molecule has 0 aromatic rings. The van der Waals surface area contributed by atoms with Crippen LogP contribution >= 0.6 is 0 Å². The second kappa shape index (κ2) is 4.07. The Morgan fingerprint density at radius 3 is 2.50 bits per heavy atom. The lowest BCUT2D eigenvalue weighted by atomic mass is 9.89. The summed E-state index contributed by atoms with van der Waals surface area (Å²) >= 11 is 0. The number of piperazine rings is 1. The number of amides is 2. The molecular weight excluding hydrogens is 280 g/mol. The maximum absolute atomic E-state index is 12.8. The van der Waals surface area contributed by atoms with Gasteiger partial charge in [0.1, 0.15) is 11.6 Å². The van der Waals surface area contributed by atoms with Gasteiger partial charge in [0.2, 0.25) is 11.8 Å². The minimum absolute atomic E-state index is 0.128. The number of nitrogens with one attached hydrogen (secondary N) is 1. The number of hydrogen-bond donors (Lipinski definition) is 1. The van der Waals surface area contributed by atoms with Gasteiger partial charge in [0.25, 0.3) is 0 Å². The summed E-state index contributed by atoms with van der Waals surface area (Å²) in [6.45, 7) is 3.38. The molecule has 1 saturated heterocycles. The van der Waals surface area contributed by atoms with Crippen LogP contribution in [0.3, 0.4) is 0 Å². The molecule has 1 aliphatic carbocycles. The highest BCUT2D eigenvalue weighted by Crippen LogP contribution is 2.42. The van der Waals surface area contributed by atoms with E-state index in [1.165, 1.54) is 11.0 Å². The summed E-state index contributed by atoms with van der Waals surface area (Å²) in [5.74, 6) is -0.344. The van der Waals surface area contributed by atoms with Crippen molar-refractivity contribution in [3.63, 3.8) is 0 Å². The molecule has 3 unspecified atom stereocenters. The Morgan fingerprint density at radius 1 is 1.35 bits per heavy atom. The van der Waals surface area contributed by atoms with Crippen molar-refractivity contribution < 1.29 is 18.0 Å². The van der Waals surface area contributed by atoms with E-state index in [2.05, 4.69) is 5.32 Å². The summed E-state index contributed by atoms with van der Waals surface area (Å²) in [7, 11) is -3.26. The summed E-state index contributed by atoms with van der Waals surface area (Å²) in [6, 6.07) is -1.18. The van der Waals surface area contributed by atoms with Crippen LogP contribution in [0.2, 0.25) is 0 Å². The quantitative estimate of drug-likeness (QED) is 0.766. The van der Waals surface area contributed by atoms with Crippen LogP contribution in [0.15, 0.2) is 11.5 Å². The van der Waals surface area contributed by atoms with E-state index < -0.39 is 27.5 Å². The van der Waals surface area contributed by atoms with Crippen LogP contribution in [0.1, 0.15) is 26.7 Å². The van der Waals surface area contributed by atoms with Crippen LogP contribution in [-0.2, 0) is 19.4 Å². The van der Waals surface area contributed by atoms with Crippen molar-refractivity contribution in [1.29, 1.82) is 0 Å². The maximum atomic E-state index is 12.8. The van der Waals surface area contributed by atoms with Crippen molar-refractivity contribution in [1.82, 2.24) is 10.2 Å². The molecule has 0 aromatic heterocycles. The molecule has 3 atom stereocenters. The van der Waals surface area contributed by atoms with Crippen LogP contribution in [0, 0.1) is 5.92 Å². The highest BCUT2D eigenvalue weighted by molar-refractivity contribution is 7.94. The molecule has 2 aliphatic heterocycles. The monoisotopic (exact) mass is 298 g/mol. The fraction of sp³-hybridized carbons (Fsp3) is 0.692. The normalized spacial score (nSPS) is 40.0. The Balaban J connectivity index is 1.94. The molecule has 7 heteroatoms. The zero-order valence-electron chi connectivity index (χ0n) is 11.5. The van der Waals surface area contributed by atoms with Crippen LogP contribution in [-0.4, -0.2) is 48.5 Å². The molecule has 2 amide bonds. The Kier molecular flexibility index (Phi) is 2.77. The average molecular weight is 298 g/mol. The molecule has 6 nitrogen and oxygen atoms in total. The molecule has 3 rings (SSSR count). The number of sulfone groups is 1. The van der Waals surface area contributed by atoms with E-state index in [0.29, 0.717) is 0 Å². The second-order valence-corrected chi connectivity index (χ2v) is 8.01. The van der Waals surface area contributed by atoms with Gasteiger partial charge in [-0.25, -0.2) is 8.42 Å². The Hall–Kier alpha value is -1.37. The minimum Gasteiger partial charge on any atom is -0.340 e. The zero-order valence-corrected chi connectivity index (χ0v) is 12.3. The van der Waals surface area contributed by atoms with Gasteiger partial charge in [-0.1, -0.05) is 0 Å². The number of hydrogen-bond acceptors (Lipinski definition) is 4. The third-order valence-electron chi connectivity index (χ3n) is 4.52. The Morgan fingerprint density at radius 2 is 2.00 bits per heavy atom. The Labute approximate surface area is 118 Å². The third kappa shape index (κ3) is 1.95. The van der Waals surface area contributed by atoms with Gasteiger partial charge < -0.3 is 10.2 Å². The second-order valence-electron chi connectivity index (χ2n) is 6.08. The predicted molar refractivity (Wildman–Crippen MR) is 72.3 cm³/mol. The van der Waals surface area contributed by atoms with Crippen molar-refractivity contribution in [3.8, 4) is 0 Å². The fourth-order valence-electron chi connectivity index (χ4n) is 3.09. The van der Waals surface area contributed by atoms with Crippen LogP contribution < -0.4 is 5.32 Å². The van der Waals surface area contributed by atoms with E-state index in [1.54, 1.807) is 13.8 Å². The predicted octanol–water partition coefficient (Wildman–Crippen LogP) is -0.187. The first-order valence-electron chi connectivity index (χ1n) is 6.80. The number of nitrogens with zero attached hydrogens (tertiary/aromatic N) is 1. The van der Waals surface area contributed by atoms with Crippen molar-refractivity contribution >= 4 is 21.7 Å². The van der Waals surface area contributed by atoms with Gasteiger partial charge in [-0.2, -0.15) is 0 Å². The molecule has 0 radical (unpaired) electrons. The van der Waals surface area contributed by atoms with E-state index in [1.807, 2.05) is 0 Å². The lowest BCUT2D eigenvalue weighted by molar-refractivity contribution is -0.155. The van der Waals surface area contributed by atoms with Crippen molar-refractivity contribution in [2.75, 3.05) is 5.75 Å². The smallest absolute Gasteiger partial charge is 0.249 e. The lowest BCUT2D eigenvalue weighted by Gasteiger charge is -2.45. The first kappa shape index (κ1) is 13.6.